The van der Waals surface area contributed by atoms with Gasteiger partial charge in [-0.05, 0) is 82.8 Å². The fourth-order valence-corrected chi connectivity index (χ4v) is 3.24. The quantitative estimate of drug-likeness (QED) is 0.603. The first-order chi connectivity index (χ1) is 9.89. The van der Waals surface area contributed by atoms with E-state index < -0.39 is 0 Å². The van der Waals surface area contributed by atoms with Gasteiger partial charge in [0.25, 0.3) is 0 Å². The number of benzene rings is 1. The van der Waals surface area contributed by atoms with E-state index in [1.807, 2.05) is 13.8 Å². The van der Waals surface area contributed by atoms with Crippen molar-refractivity contribution in [1.29, 1.82) is 5.26 Å². The molecule has 0 radical (unpaired) electrons. The SMILES string of the molecule is CCCNCc1cc(Br)c(OCCC(C)(C)C#N)c(Br)c1. The van der Waals surface area contributed by atoms with Gasteiger partial charge in [-0.25, -0.2) is 0 Å². The molecule has 0 spiro atoms. The van der Waals surface area contributed by atoms with Crippen LogP contribution in [0.1, 0.15) is 39.2 Å². The maximum Gasteiger partial charge on any atom is 0.147 e. The molecule has 0 unspecified atom stereocenters. The lowest BCUT2D eigenvalue weighted by molar-refractivity contribution is 0.261. The third kappa shape index (κ3) is 6.37. The first-order valence-electron chi connectivity index (χ1n) is 7.12. The maximum atomic E-state index is 9.01. The van der Waals surface area contributed by atoms with Crippen molar-refractivity contribution in [1.82, 2.24) is 5.32 Å². The second-order valence-corrected chi connectivity index (χ2v) is 7.37. The molecule has 0 amide bonds. The van der Waals surface area contributed by atoms with Gasteiger partial charge in [0.1, 0.15) is 5.75 Å². The fourth-order valence-electron chi connectivity index (χ4n) is 1.73. The average Bonchev–Trinajstić information content (AvgIpc) is 2.42. The van der Waals surface area contributed by atoms with E-state index in [-0.39, 0.29) is 5.41 Å². The minimum absolute atomic E-state index is 0.358. The predicted octanol–water partition coefficient (Wildman–Crippen LogP) is 5.03. The Balaban J connectivity index is 2.65. The highest BCUT2D eigenvalue weighted by Crippen LogP contribution is 2.35. The summed E-state index contributed by atoms with van der Waals surface area (Å²) in [7, 11) is 0. The van der Waals surface area contributed by atoms with Crippen LogP contribution in [-0.2, 0) is 6.54 Å². The standard InChI is InChI=1S/C16H22Br2N2O/c1-4-6-20-10-12-8-13(17)15(14(18)9-12)21-7-5-16(2,3)11-19/h8-9,20H,4-7,10H2,1-3H3. The normalized spacial score (nSPS) is 11.2. The van der Waals surface area contributed by atoms with Crippen molar-refractivity contribution >= 4 is 31.9 Å². The molecule has 1 aromatic rings. The van der Waals surface area contributed by atoms with Crippen molar-refractivity contribution in [3.63, 3.8) is 0 Å². The van der Waals surface area contributed by atoms with Gasteiger partial charge >= 0.3 is 0 Å². The summed E-state index contributed by atoms with van der Waals surface area (Å²) in [5, 5.41) is 12.4. The lowest BCUT2D eigenvalue weighted by Gasteiger charge is -2.17. The van der Waals surface area contributed by atoms with Gasteiger partial charge < -0.3 is 10.1 Å². The van der Waals surface area contributed by atoms with Crippen LogP contribution in [0.2, 0.25) is 0 Å². The average molecular weight is 418 g/mol. The summed E-state index contributed by atoms with van der Waals surface area (Å²) in [5.41, 5.74) is 0.843. The molecule has 5 heteroatoms. The van der Waals surface area contributed by atoms with Crippen LogP contribution in [0.15, 0.2) is 21.1 Å². The first-order valence-corrected chi connectivity index (χ1v) is 8.71. The number of nitrogens with zero attached hydrogens (tertiary/aromatic N) is 1. The van der Waals surface area contributed by atoms with Crippen LogP contribution in [0.3, 0.4) is 0 Å². The number of nitriles is 1. The molecule has 0 aliphatic heterocycles. The molecular weight excluding hydrogens is 396 g/mol. The monoisotopic (exact) mass is 416 g/mol. The largest absolute Gasteiger partial charge is 0.491 e. The first kappa shape index (κ1) is 18.5. The number of halogens is 2. The van der Waals surface area contributed by atoms with E-state index in [0.717, 1.165) is 34.2 Å². The van der Waals surface area contributed by atoms with Gasteiger partial charge in [0, 0.05) is 6.54 Å². The molecule has 0 atom stereocenters. The molecule has 3 nitrogen and oxygen atoms in total. The van der Waals surface area contributed by atoms with Gasteiger partial charge in [0.2, 0.25) is 0 Å². The van der Waals surface area contributed by atoms with Crippen molar-refractivity contribution in [2.75, 3.05) is 13.2 Å². The summed E-state index contributed by atoms with van der Waals surface area (Å²) >= 11 is 7.11. The van der Waals surface area contributed by atoms with Crippen LogP contribution in [0, 0.1) is 16.7 Å². The fraction of sp³-hybridized carbons (Fsp3) is 0.562. The number of hydrogen-bond acceptors (Lipinski definition) is 3. The van der Waals surface area contributed by atoms with Crippen LogP contribution >= 0.6 is 31.9 Å². The topological polar surface area (TPSA) is 45.0 Å². The van der Waals surface area contributed by atoms with Gasteiger partial charge in [-0.3, -0.25) is 0 Å². The molecule has 0 aliphatic carbocycles. The highest BCUT2D eigenvalue weighted by Gasteiger charge is 2.17. The smallest absolute Gasteiger partial charge is 0.147 e. The predicted molar refractivity (Wildman–Crippen MR) is 93.3 cm³/mol. The zero-order valence-electron chi connectivity index (χ0n) is 12.8. The summed E-state index contributed by atoms with van der Waals surface area (Å²) in [5.74, 6) is 0.794. The molecule has 1 N–H and O–H groups in total. The highest BCUT2D eigenvalue weighted by molar-refractivity contribution is 9.11. The van der Waals surface area contributed by atoms with Crippen molar-refractivity contribution in [2.24, 2.45) is 5.41 Å². The molecule has 0 saturated heterocycles. The Kier molecular flexibility index (Phi) is 7.72. The van der Waals surface area contributed by atoms with Crippen molar-refractivity contribution < 1.29 is 4.74 Å². The van der Waals surface area contributed by atoms with Gasteiger partial charge in [-0.15, -0.1) is 0 Å². The minimum Gasteiger partial charge on any atom is -0.491 e. The zero-order valence-corrected chi connectivity index (χ0v) is 16.0. The number of ether oxygens (including phenoxy) is 1. The molecule has 0 saturated carbocycles. The molecule has 21 heavy (non-hydrogen) atoms. The lowest BCUT2D eigenvalue weighted by atomic mass is 9.92. The Bertz CT molecular complexity index is 486. The summed E-state index contributed by atoms with van der Waals surface area (Å²) in [6.07, 6.45) is 1.82. The van der Waals surface area contributed by atoms with Crippen molar-refractivity contribution in [3.8, 4) is 11.8 Å². The minimum atomic E-state index is -0.358. The van der Waals surface area contributed by atoms with Gasteiger partial charge in [0.15, 0.2) is 0 Å². The molecule has 1 rings (SSSR count). The van der Waals surface area contributed by atoms with Crippen LogP contribution < -0.4 is 10.1 Å². The molecule has 116 valence electrons. The molecule has 0 bridgehead atoms. The molecule has 1 aromatic carbocycles. The Morgan fingerprint density at radius 3 is 2.43 bits per heavy atom. The third-order valence-electron chi connectivity index (χ3n) is 3.09. The van der Waals surface area contributed by atoms with Crippen molar-refractivity contribution in [2.45, 2.75) is 40.2 Å². The second-order valence-electron chi connectivity index (χ2n) is 5.66. The summed E-state index contributed by atoms with van der Waals surface area (Å²) in [6, 6.07) is 6.42. The number of hydrogen-bond donors (Lipinski definition) is 1. The van der Waals surface area contributed by atoms with E-state index in [1.54, 1.807) is 0 Å². The molecule has 0 aromatic heterocycles. The Morgan fingerprint density at radius 1 is 1.29 bits per heavy atom. The molecule has 0 aliphatic rings. The zero-order chi connectivity index (χ0) is 15.9. The van der Waals surface area contributed by atoms with Crippen LogP contribution in [0.5, 0.6) is 5.75 Å². The Labute approximate surface area is 144 Å². The third-order valence-corrected chi connectivity index (χ3v) is 4.27. The summed E-state index contributed by atoms with van der Waals surface area (Å²) in [4.78, 5) is 0. The summed E-state index contributed by atoms with van der Waals surface area (Å²) < 4.78 is 7.68. The van der Waals surface area contributed by atoms with Crippen LogP contribution in [0.25, 0.3) is 0 Å². The summed E-state index contributed by atoms with van der Waals surface area (Å²) in [6.45, 7) is 8.36. The van der Waals surface area contributed by atoms with E-state index in [0.29, 0.717) is 13.0 Å². The molecular formula is C16H22Br2N2O. The number of nitrogens with one attached hydrogen (secondary N) is 1. The lowest BCUT2D eigenvalue weighted by Crippen LogP contribution is -2.14. The van der Waals surface area contributed by atoms with Gasteiger partial charge in [-0.1, -0.05) is 6.92 Å². The van der Waals surface area contributed by atoms with E-state index in [2.05, 4.69) is 62.3 Å². The van der Waals surface area contributed by atoms with E-state index in [9.17, 15) is 0 Å². The van der Waals surface area contributed by atoms with E-state index >= 15 is 0 Å². The van der Waals surface area contributed by atoms with E-state index in [4.69, 9.17) is 10.00 Å². The van der Waals surface area contributed by atoms with E-state index in [1.165, 1.54) is 5.56 Å². The van der Waals surface area contributed by atoms with Crippen molar-refractivity contribution in [3.05, 3.63) is 26.6 Å². The number of rotatable bonds is 8. The Hall–Kier alpha value is -0.570. The van der Waals surface area contributed by atoms with Crippen LogP contribution in [-0.4, -0.2) is 13.2 Å². The Morgan fingerprint density at radius 2 is 1.90 bits per heavy atom. The maximum absolute atomic E-state index is 9.01. The van der Waals surface area contributed by atoms with Crippen LogP contribution in [0.4, 0.5) is 0 Å². The van der Waals surface area contributed by atoms with Gasteiger partial charge in [0.05, 0.1) is 27.0 Å². The molecule has 0 heterocycles. The highest BCUT2D eigenvalue weighted by atomic mass is 79.9. The second kappa shape index (κ2) is 8.77. The van der Waals surface area contributed by atoms with Gasteiger partial charge in [-0.2, -0.15) is 5.26 Å². The molecule has 0 fully saturated rings.